The second-order valence-corrected chi connectivity index (χ2v) is 4.27. The van der Waals surface area contributed by atoms with E-state index >= 15 is 0 Å². The number of hydrogen-bond acceptors (Lipinski definition) is 2. The van der Waals surface area contributed by atoms with Crippen molar-refractivity contribution in [3.63, 3.8) is 0 Å². The van der Waals surface area contributed by atoms with Crippen LogP contribution in [0.2, 0.25) is 0 Å². The molecule has 15 heavy (non-hydrogen) atoms. The van der Waals surface area contributed by atoms with Crippen molar-refractivity contribution in [2.24, 2.45) is 5.92 Å². The van der Waals surface area contributed by atoms with Gasteiger partial charge in [0.05, 0.1) is 6.07 Å². The molecule has 1 aliphatic carbocycles. The van der Waals surface area contributed by atoms with Crippen LogP contribution in [0.25, 0.3) is 0 Å². The summed E-state index contributed by atoms with van der Waals surface area (Å²) in [5.74, 6) is 1.16. The van der Waals surface area contributed by atoms with E-state index in [1.54, 1.807) is 12.1 Å². The zero-order chi connectivity index (χ0) is 10.7. The van der Waals surface area contributed by atoms with Crippen LogP contribution < -0.4 is 0 Å². The number of nitrogens with zero attached hydrogens (tertiary/aromatic N) is 1. The monoisotopic (exact) mass is 201 g/mol. The van der Waals surface area contributed by atoms with Crippen molar-refractivity contribution < 1.29 is 5.11 Å². The van der Waals surface area contributed by atoms with Crippen LogP contribution in [0.3, 0.4) is 0 Å². The molecule has 78 valence electrons. The van der Waals surface area contributed by atoms with E-state index in [0.717, 1.165) is 25.7 Å². The van der Waals surface area contributed by atoms with Crippen molar-refractivity contribution in [1.82, 2.24) is 0 Å². The number of nitriles is 1. The highest BCUT2D eigenvalue weighted by Crippen LogP contribution is 2.35. The maximum absolute atomic E-state index is 9.19. The first-order valence-corrected chi connectivity index (χ1v) is 5.48. The summed E-state index contributed by atoms with van der Waals surface area (Å²) in [4.78, 5) is 0. The molecule has 0 atom stereocenters. The lowest BCUT2D eigenvalue weighted by Gasteiger charge is -2.24. The molecule has 0 spiro atoms. The molecule has 1 fully saturated rings. The molecule has 0 aromatic heterocycles. The quantitative estimate of drug-likeness (QED) is 0.758. The van der Waals surface area contributed by atoms with Crippen molar-refractivity contribution in [2.75, 3.05) is 0 Å². The molecule has 1 aliphatic rings. The Morgan fingerprint density at radius 1 is 1.07 bits per heavy atom. The molecule has 1 N–H and O–H groups in total. The molecule has 1 aromatic carbocycles. The fourth-order valence-electron chi connectivity index (χ4n) is 2.30. The van der Waals surface area contributed by atoms with E-state index in [0.29, 0.717) is 11.7 Å². The van der Waals surface area contributed by atoms with Gasteiger partial charge < -0.3 is 5.11 Å². The van der Waals surface area contributed by atoms with Crippen molar-refractivity contribution in [2.45, 2.75) is 31.6 Å². The van der Waals surface area contributed by atoms with Gasteiger partial charge in [0.1, 0.15) is 5.75 Å². The van der Waals surface area contributed by atoms with E-state index in [1.165, 1.54) is 5.56 Å². The van der Waals surface area contributed by atoms with Crippen LogP contribution in [0.1, 0.15) is 37.2 Å². The maximum atomic E-state index is 9.19. The third-order valence-electron chi connectivity index (χ3n) is 3.27. The minimum absolute atomic E-state index is 0.262. The van der Waals surface area contributed by atoms with E-state index in [9.17, 15) is 5.11 Å². The summed E-state index contributed by atoms with van der Waals surface area (Å²) in [7, 11) is 0. The minimum atomic E-state index is 0.262. The molecule has 0 unspecified atom stereocenters. The van der Waals surface area contributed by atoms with Crippen LogP contribution in [0, 0.1) is 17.2 Å². The first-order valence-electron chi connectivity index (χ1n) is 5.48. The number of aromatic hydroxyl groups is 1. The van der Waals surface area contributed by atoms with Gasteiger partial charge in [-0.3, -0.25) is 0 Å². The normalized spacial score (nSPS) is 25.8. The summed E-state index contributed by atoms with van der Waals surface area (Å²) in [6.45, 7) is 0. The minimum Gasteiger partial charge on any atom is -0.508 e. The second-order valence-electron chi connectivity index (χ2n) is 4.27. The Kier molecular flexibility index (Phi) is 2.91. The molecular weight excluding hydrogens is 186 g/mol. The topological polar surface area (TPSA) is 44.0 Å². The molecule has 1 aromatic rings. The fourth-order valence-corrected chi connectivity index (χ4v) is 2.30. The fraction of sp³-hybridized carbons (Fsp3) is 0.462. The van der Waals surface area contributed by atoms with Gasteiger partial charge in [-0.25, -0.2) is 0 Å². The van der Waals surface area contributed by atoms with Crippen LogP contribution in [0.5, 0.6) is 5.75 Å². The Morgan fingerprint density at radius 2 is 1.67 bits per heavy atom. The Labute approximate surface area is 90.2 Å². The van der Waals surface area contributed by atoms with Gasteiger partial charge in [-0.1, -0.05) is 12.1 Å². The Hall–Kier alpha value is -1.49. The second kappa shape index (κ2) is 4.35. The zero-order valence-electron chi connectivity index (χ0n) is 8.69. The van der Waals surface area contributed by atoms with E-state index in [2.05, 4.69) is 6.07 Å². The van der Waals surface area contributed by atoms with Crippen molar-refractivity contribution >= 4 is 0 Å². The summed E-state index contributed by atoms with van der Waals surface area (Å²) in [6, 6.07) is 9.81. The van der Waals surface area contributed by atoms with Crippen molar-refractivity contribution in [1.29, 1.82) is 5.26 Å². The van der Waals surface area contributed by atoms with Gasteiger partial charge in [-0.05, 0) is 49.3 Å². The van der Waals surface area contributed by atoms with Crippen LogP contribution >= 0.6 is 0 Å². The average Bonchev–Trinajstić information content (AvgIpc) is 2.30. The molecule has 2 heteroatoms. The number of benzene rings is 1. The predicted molar refractivity (Wildman–Crippen MR) is 58.4 cm³/mol. The van der Waals surface area contributed by atoms with Gasteiger partial charge in [-0.15, -0.1) is 0 Å². The smallest absolute Gasteiger partial charge is 0.115 e. The van der Waals surface area contributed by atoms with Gasteiger partial charge >= 0.3 is 0 Å². The molecule has 0 amide bonds. The highest BCUT2D eigenvalue weighted by Gasteiger charge is 2.21. The molecule has 0 aliphatic heterocycles. The van der Waals surface area contributed by atoms with Gasteiger partial charge in [0, 0.05) is 5.92 Å². The number of phenols is 1. The summed E-state index contributed by atoms with van der Waals surface area (Å²) >= 11 is 0. The van der Waals surface area contributed by atoms with Crippen LogP contribution in [-0.2, 0) is 0 Å². The van der Waals surface area contributed by atoms with Crippen molar-refractivity contribution in [3.05, 3.63) is 29.8 Å². The Bertz CT molecular complexity index is 355. The SMILES string of the molecule is N#CC1CCC(c2ccc(O)cc2)CC1. The third kappa shape index (κ3) is 2.30. The molecule has 2 rings (SSSR count). The Morgan fingerprint density at radius 3 is 2.20 bits per heavy atom. The summed E-state index contributed by atoms with van der Waals surface area (Å²) in [5, 5.41) is 18.0. The molecule has 2 nitrogen and oxygen atoms in total. The van der Waals surface area contributed by atoms with E-state index < -0.39 is 0 Å². The number of rotatable bonds is 1. The molecule has 0 bridgehead atoms. The maximum Gasteiger partial charge on any atom is 0.115 e. The molecule has 0 heterocycles. The summed E-state index contributed by atoms with van der Waals surface area (Å²) in [6.07, 6.45) is 4.23. The zero-order valence-corrected chi connectivity index (χ0v) is 8.69. The van der Waals surface area contributed by atoms with E-state index in [4.69, 9.17) is 5.26 Å². The number of phenolic OH excluding ortho intramolecular Hbond substituents is 1. The van der Waals surface area contributed by atoms with E-state index in [-0.39, 0.29) is 5.92 Å². The van der Waals surface area contributed by atoms with Crippen LogP contribution in [-0.4, -0.2) is 5.11 Å². The Balaban J connectivity index is 2.02. The van der Waals surface area contributed by atoms with Gasteiger partial charge in [0.2, 0.25) is 0 Å². The lowest BCUT2D eigenvalue weighted by molar-refractivity contribution is 0.382. The van der Waals surface area contributed by atoms with Crippen LogP contribution in [0.15, 0.2) is 24.3 Å². The summed E-state index contributed by atoms with van der Waals surface area (Å²) in [5.41, 5.74) is 1.30. The highest BCUT2D eigenvalue weighted by molar-refractivity contribution is 5.28. The first kappa shape index (κ1) is 10.0. The first-order chi connectivity index (χ1) is 7.29. The van der Waals surface area contributed by atoms with Gasteiger partial charge in [0.15, 0.2) is 0 Å². The van der Waals surface area contributed by atoms with E-state index in [1.807, 2.05) is 12.1 Å². The highest BCUT2D eigenvalue weighted by atomic mass is 16.3. The molecule has 0 saturated heterocycles. The third-order valence-corrected chi connectivity index (χ3v) is 3.27. The standard InChI is InChI=1S/C13H15NO/c14-9-10-1-3-11(4-2-10)12-5-7-13(15)8-6-12/h5-8,10-11,15H,1-4H2. The predicted octanol–water partition coefficient (Wildman–Crippen LogP) is 3.19. The largest absolute Gasteiger partial charge is 0.508 e. The molecule has 0 radical (unpaired) electrons. The summed E-state index contributed by atoms with van der Waals surface area (Å²) < 4.78 is 0. The molecule has 1 saturated carbocycles. The lowest BCUT2D eigenvalue weighted by atomic mass is 9.79. The number of hydrogen-bond donors (Lipinski definition) is 1. The average molecular weight is 201 g/mol. The van der Waals surface area contributed by atoms with Gasteiger partial charge in [-0.2, -0.15) is 5.26 Å². The van der Waals surface area contributed by atoms with Gasteiger partial charge in [0.25, 0.3) is 0 Å². The van der Waals surface area contributed by atoms with Crippen LogP contribution in [0.4, 0.5) is 0 Å². The van der Waals surface area contributed by atoms with Crippen molar-refractivity contribution in [3.8, 4) is 11.8 Å². The molecular formula is C13H15NO. The lowest BCUT2D eigenvalue weighted by Crippen LogP contribution is -2.11.